The van der Waals surface area contributed by atoms with Crippen LogP contribution < -0.4 is 0 Å². The third kappa shape index (κ3) is 3.86. The van der Waals surface area contributed by atoms with Crippen LogP contribution in [0.1, 0.15) is 27.4 Å². The molecule has 0 unspecified atom stereocenters. The molecule has 3 aromatic heterocycles. The zero-order valence-corrected chi connectivity index (χ0v) is 17.6. The molecule has 1 aromatic carbocycles. The number of aryl methyl sites for hydroxylation is 2. The predicted octanol–water partition coefficient (Wildman–Crippen LogP) is 4.62. The quantitative estimate of drug-likeness (QED) is 0.332. The zero-order valence-electron chi connectivity index (χ0n) is 16.8. The first-order valence-electron chi connectivity index (χ1n) is 9.30. The van der Waals surface area contributed by atoms with Crippen LogP contribution in [0.2, 0.25) is 0 Å². The molecule has 4 rings (SSSR count). The van der Waals surface area contributed by atoms with Crippen molar-refractivity contribution in [1.82, 2.24) is 19.7 Å². The van der Waals surface area contributed by atoms with Crippen LogP contribution >= 0.6 is 11.8 Å². The Morgan fingerprint density at radius 1 is 1.13 bits per heavy atom. The van der Waals surface area contributed by atoms with E-state index in [2.05, 4.69) is 28.2 Å². The first kappa shape index (κ1) is 19.9. The minimum absolute atomic E-state index is 0.407. The first-order valence-corrected chi connectivity index (χ1v) is 10.3. The molecule has 0 saturated heterocycles. The summed E-state index contributed by atoms with van der Waals surface area (Å²) in [7, 11) is 1.36. The summed E-state index contributed by atoms with van der Waals surface area (Å²) in [5, 5.41) is 9.59. The Hall–Kier alpha value is -3.39. The Labute approximate surface area is 178 Å². The molecule has 0 aliphatic heterocycles. The highest BCUT2D eigenvalue weighted by Crippen LogP contribution is 2.31. The summed E-state index contributed by atoms with van der Waals surface area (Å²) in [4.78, 5) is 15.9. The number of furan rings is 1. The van der Waals surface area contributed by atoms with Gasteiger partial charge in [0.25, 0.3) is 0 Å². The molecule has 0 N–H and O–H groups in total. The third-order valence-corrected chi connectivity index (χ3v) is 5.60. The largest absolute Gasteiger partial charge is 0.465 e. The number of benzene rings is 1. The Kier molecular flexibility index (Phi) is 5.67. The first-order chi connectivity index (χ1) is 14.6. The van der Waals surface area contributed by atoms with Gasteiger partial charge in [-0.15, -0.1) is 10.2 Å². The van der Waals surface area contributed by atoms with Gasteiger partial charge in [0.1, 0.15) is 17.1 Å². The van der Waals surface area contributed by atoms with E-state index in [1.165, 1.54) is 18.9 Å². The van der Waals surface area contributed by atoms with E-state index in [1.54, 1.807) is 25.4 Å². The highest BCUT2D eigenvalue weighted by molar-refractivity contribution is 7.98. The van der Waals surface area contributed by atoms with E-state index in [-0.39, 0.29) is 0 Å². The number of nitrogens with zero attached hydrogens (tertiary/aromatic N) is 4. The van der Waals surface area contributed by atoms with Crippen molar-refractivity contribution >= 4 is 17.7 Å². The van der Waals surface area contributed by atoms with Crippen molar-refractivity contribution in [2.24, 2.45) is 0 Å². The van der Waals surface area contributed by atoms with Gasteiger partial charge in [0.15, 0.2) is 11.0 Å². The lowest BCUT2D eigenvalue weighted by molar-refractivity contribution is 0.0599. The number of methoxy groups -OCH3 is 1. The van der Waals surface area contributed by atoms with Crippen molar-refractivity contribution < 1.29 is 13.9 Å². The average Bonchev–Trinajstić information content (AvgIpc) is 3.36. The molecule has 0 atom stereocenters. The molecule has 0 aliphatic rings. The van der Waals surface area contributed by atoms with Crippen LogP contribution in [0, 0.1) is 13.8 Å². The Bertz CT molecular complexity index is 1180. The third-order valence-electron chi connectivity index (χ3n) is 4.65. The highest BCUT2D eigenvalue weighted by Gasteiger charge is 2.20. The molecule has 30 heavy (non-hydrogen) atoms. The summed E-state index contributed by atoms with van der Waals surface area (Å²) in [5.74, 6) is 2.03. The molecular formula is C22H20N4O3S. The zero-order chi connectivity index (χ0) is 21.1. The molecule has 152 valence electrons. The fourth-order valence-corrected chi connectivity index (χ4v) is 3.97. The van der Waals surface area contributed by atoms with Crippen molar-refractivity contribution in [3.05, 3.63) is 77.5 Å². The normalized spacial score (nSPS) is 10.9. The topological polar surface area (TPSA) is 83.0 Å². The van der Waals surface area contributed by atoms with E-state index in [9.17, 15) is 4.79 Å². The van der Waals surface area contributed by atoms with Crippen LogP contribution in [0.25, 0.3) is 17.1 Å². The lowest BCUT2D eigenvalue weighted by Gasteiger charge is -2.12. The van der Waals surface area contributed by atoms with Gasteiger partial charge in [-0.05, 0) is 43.7 Å². The molecule has 0 spiro atoms. The molecule has 7 nitrogen and oxygen atoms in total. The SMILES string of the molecule is COC(=O)c1cc(CSc2nnc(-c3ccncc3)n2-c2ccccc2C)oc1C. The Balaban J connectivity index is 1.70. The van der Waals surface area contributed by atoms with Gasteiger partial charge in [-0.1, -0.05) is 30.0 Å². The van der Waals surface area contributed by atoms with Crippen LogP contribution in [0.5, 0.6) is 0 Å². The fourth-order valence-electron chi connectivity index (χ4n) is 3.15. The van der Waals surface area contributed by atoms with Crippen LogP contribution in [-0.2, 0) is 10.5 Å². The fraction of sp³-hybridized carbons (Fsp3) is 0.182. The second-order valence-corrected chi connectivity index (χ2v) is 7.57. The molecular weight excluding hydrogens is 400 g/mol. The molecule has 8 heteroatoms. The van der Waals surface area contributed by atoms with E-state index < -0.39 is 5.97 Å². The molecule has 4 aromatic rings. The summed E-state index contributed by atoms with van der Waals surface area (Å²) in [6, 6.07) is 13.6. The number of aromatic nitrogens is 4. The summed E-state index contributed by atoms with van der Waals surface area (Å²) in [6.07, 6.45) is 3.47. The van der Waals surface area contributed by atoms with E-state index in [1.807, 2.05) is 34.9 Å². The molecule has 0 saturated carbocycles. The number of hydrogen-bond donors (Lipinski definition) is 0. The van der Waals surface area contributed by atoms with Gasteiger partial charge in [0.2, 0.25) is 0 Å². The maximum atomic E-state index is 11.8. The number of esters is 1. The smallest absolute Gasteiger partial charge is 0.341 e. The monoisotopic (exact) mass is 420 g/mol. The van der Waals surface area contributed by atoms with E-state index >= 15 is 0 Å². The molecule has 0 amide bonds. The number of thioether (sulfide) groups is 1. The Morgan fingerprint density at radius 3 is 2.63 bits per heavy atom. The van der Waals surface area contributed by atoms with E-state index in [4.69, 9.17) is 9.15 Å². The maximum Gasteiger partial charge on any atom is 0.341 e. The van der Waals surface area contributed by atoms with Crippen LogP contribution in [-0.4, -0.2) is 32.8 Å². The number of hydrogen-bond acceptors (Lipinski definition) is 7. The van der Waals surface area contributed by atoms with Crippen molar-refractivity contribution in [2.75, 3.05) is 7.11 Å². The average molecular weight is 420 g/mol. The lowest BCUT2D eigenvalue weighted by atomic mass is 10.2. The summed E-state index contributed by atoms with van der Waals surface area (Å²) < 4.78 is 12.6. The second kappa shape index (κ2) is 8.54. The predicted molar refractivity (Wildman–Crippen MR) is 114 cm³/mol. The number of ether oxygens (including phenoxy) is 1. The number of carbonyl (C=O) groups excluding carboxylic acids is 1. The van der Waals surface area contributed by atoms with Gasteiger partial charge in [0, 0.05) is 18.0 Å². The Morgan fingerprint density at radius 2 is 1.90 bits per heavy atom. The summed E-state index contributed by atoms with van der Waals surface area (Å²) in [6.45, 7) is 3.80. The summed E-state index contributed by atoms with van der Waals surface area (Å²) >= 11 is 1.49. The van der Waals surface area contributed by atoms with Gasteiger partial charge in [-0.25, -0.2) is 4.79 Å². The standard InChI is InChI=1S/C22H20N4O3S/c1-14-6-4-5-7-19(14)26-20(16-8-10-23-11-9-16)24-25-22(26)30-13-17-12-18(15(2)29-17)21(27)28-3/h4-12H,13H2,1-3H3. The minimum Gasteiger partial charge on any atom is -0.465 e. The van der Waals surface area contributed by atoms with Crippen LogP contribution in [0.15, 0.2) is 64.4 Å². The van der Waals surface area contributed by atoms with Gasteiger partial charge < -0.3 is 9.15 Å². The van der Waals surface area contributed by atoms with Gasteiger partial charge in [0.05, 0.1) is 18.6 Å². The number of rotatable bonds is 6. The molecule has 0 aliphatic carbocycles. The van der Waals surface area contributed by atoms with E-state index in [0.717, 1.165) is 27.8 Å². The molecule has 0 bridgehead atoms. The summed E-state index contributed by atoms with van der Waals surface area (Å²) in [5.41, 5.74) is 3.47. The molecule has 0 radical (unpaired) electrons. The van der Waals surface area contributed by atoms with Crippen molar-refractivity contribution in [3.8, 4) is 17.1 Å². The van der Waals surface area contributed by atoms with Gasteiger partial charge in [-0.2, -0.15) is 0 Å². The minimum atomic E-state index is -0.407. The van der Waals surface area contributed by atoms with Crippen molar-refractivity contribution in [1.29, 1.82) is 0 Å². The number of pyridine rings is 1. The second-order valence-electron chi connectivity index (χ2n) is 6.63. The van der Waals surface area contributed by atoms with Gasteiger partial charge in [-0.3, -0.25) is 9.55 Å². The molecule has 0 fully saturated rings. The van der Waals surface area contributed by atoms with Crippen molar-refractivity contribution in [2.45, 2.75) is 24.8 Å². The highest BCUT2D eigenvalue weighted by atomic mass is 32.2. The van der Waals surface area contributed by atoms with Gasteiger partial charge >= 0.3 is 5.97 Å². The number of carbonyl (C=O) groups is 1. The molecule has 3 heterocycles. The van der Waals surface area contributed by atoms with Crippen molar-refractivity contribution in [3.63, 3.8) is 0 Å². The van der Waals surface area contributed by atoms with E-state index in [0.29, 0.717) is 22.8 Å². The van der Waals surface area contributed by atoms with Crippen LogP contribution in [0.4, 0.5) is 0 Å². The number of para-hydroxylation sites is 1. The maximum absolute atomic E-state index is 11.8. The van der Waals surface area contributed by atoms with Crippen LogP contribution in [0.3, 0.4) is 0 Å². The lowest BCUT2D eigenvalue weighted by Crippen LogP contribution is -2.02.